The van der Waals surface area contributed by atoms with Gasteiger partial charge in [-0.25, -0.2) is 0 Å². The highest BCUT2D eigenvalue weighted by molar-refractivity contribution is 9.10. The molecule has 23 heavy (non-hydrogen) atoms. The molecule has 5 nitrogen and oxygen atoms in total. The molecule has 1 aromatic heterocycles. The van der Waals surface area contributed by atoms with Crippen LogP contribution in [0.15, 0.2) is 35.1 Å². The molecule has 124 valence electrons. The van der Waals surface area contributed by atoms with Gasteiger partial charge in [-0.1, -0.05) is 28.1 Å². The van der Waals surface area contributed by atoms with Crippen LogP contribution in [-0.4, -0.2) is 34.2 Å². The number of halogens is 2. The van der Waals surface area contributed by atoms with Crippen molar-refractivity contribution in [1.82, 2.24) is 20.0 Å². The molecule has 0 aliphatic carbocycles. The number of carbonyl (C=O) groups is 1. The lowest BCUT2D eigenvalue weighted by Crippen LogP contribution is -2.42. The van der Waals surface area contributed by atoms with Gasteiger partial charge in [-0.2, -0.15) is 5.10 Å². The van der Waals surface area contributed by atoms with E-state index in [9.17, 15) is 4.79 Å². The molecule has 1 aromatic carbocycles. The largest absolute Gasteiger partial charge is 0.336 e. The van der Waals surface area contributed by atoms with Crippen molar-refractivity contribution < 1.29 is 4.79 Å². The van der Waals surface area contributed by atoms with E-state index in [2.05, 4.69) is 32.4 Å². The molecule has 1 atom stereocenters. The number of likely N-dealkylation sites (N-methyl/N-ethyl adjacent to an activating group) is 1. The van der Waals surface area contributed by atoms with E-state index in [0.29, 0.717) is 6.54 Å². The van der Waals surface area contributed by atoms with Gasteiger partial charge in [0, 0.05) is 36.4 Å². The van der Waals surface area contributed by atoms with Gasteiger partial charge in [-0.15, -0.1) is 12.4 Å². The van der Waals surface area contributed by atoms with Crippen LogP contribution in [0.25, 0.3) is 0 Å². The molecule has 2 aromatic rings. The average Bonchev–Trinajstić information content (AvgIpc) is 2.94. The summed E-state index contributed by atoms with van der Waals surface area (Å²) in [5.41, 5.74) is 3.43. The van der Waals surface area contributed by atoms with Crippen molar-refractivity contribution in [3.63, 3.8) is 0 Å². The predicted molar refractivity (Wildman–Crippen MR) is 95.5 cm³/mol. The third-order valence-corrected chi connectivity index (χ3v) is 4.86. The van der Waals surface area contributed by atoms with Gasteiger partial charge in [0.25, 0.3) is 0 Å². The van der Waals surface area contributed by atoms with Crippen molar-refractivity contribution >= 4 is 34.2 Å². The Morgan fingerprint density at radius 1 is 1.43 bits per heavy atom. The van der Waals surface area contributed by atoms with Crippen molar-refractivity contribution in [2.45, 2.75) is 19.0 Å². The average molecular weight is 400 g/mol. The second-order valence-electron chi connectivity index (χ2n) is 5.56. The van der Waals surface area contributed by atoms with Gasteiger partial charge in [0.2, 0.25) is 5.91 Å². The minimum Gasteiger partial charge on any atom is -0.336 e. The molecule has 1 unspecified atom stereocenters. The highest BCUT2D eigenvalue weighted by Crippen LogP contribution is 2.28. The van der Waals surface area contributed by atoms with Crippen LogP contribution in [0.5, 0.6) is 0 Å². The SMILES string of the molecule is CNC(C(=O)N1CCc2cccc(Br)c2C1)c1cnn(C)c1.Cl. The molecule has 1 N–H and O–H groups in total. The number of rotatable bonds is 3. The molecule has 0 spiro atoms. The lowest BCUT2D eigenvalue weighted by atomic mass is 9.98. The maximum absolute atomic E-state index is 12.9. The standard InChI is InChI=1S/C16H19BrN4O.ClH/c1-18-15(12-8-19-20(2)9-12)16(22)21-7-6-11-4-3-5-14(17)13(11)10-21;/h3-5,8-9,15,18H,6-7,10H2,1-2H3;1H. The van der Waals surface area contributed by atoms with Gasteiger partial charge < -0.3 is 10.2 Å². The van der Waals surface area contributed by atoms with Gasteiger partial charge in [-0.3, -0.25) is 9.48 Å². The minimum atomic E-state index is -0.349. The first-order chi connectivity index (χ1) is 10.6. The van der Waals surface area contributed by atoms with Gasteiger partial charge in [-0.05, 0) is 30.7 Å². The molecule has 2 heterocycles. The van der Waals surface area contributed by atoms with Crippen LogP contribution in [0.2, 0.25) is 0 Å². The van der Waals surface area contributed by atoms with Crippen molar-refractivity contribution in [2.75, 3.05) is 13.6 Å². The first kappa shape index (κ1) is 18.0. The van der Waals surface area contributed by atoms with Gasteiger partial charge in [0.15, 0.2) is 0 Å². The Balaban J connectivity index is 0.00000192. The number of aryl methyl sites for hydroxylation is 1. The van der Waals surface area contributed by atoms with Crippen molar-refractivity contribution in [3.05, 3.63) is 51.8 Å². The molecule has 1 aliphatic rings. The Bertz CT molecular complexity index is 703. The van der Waals surface area contributed by atoms with Crippen molar-refractivity contribution in [1.29, 1.82) is 0 Å². The third kappa shape index (κ3) is 3.59. The molecule has 0 saturated heterocycles. The summed E-state index contributed by atoms with van der Waals surface area (Å²) < 4.78 is 2.79. The summed E-state index contributed by atoms with van der Waals surface area (Å²) in [4.78, 5) is 14.8. The highest BCUT2D eigenvalue weighted by Gasteiger charge is 2.28. The highest BCUT2D eigenvalue weighted by atomic mass is 79.9. The number of fused-ring (bicyclic) bond motifs is 1. The predicted octanol–water partition coefficient (Wildman–Crippen LogP) is 2.45. The third-order valence-electron chi connectivity index (χ3n) is 4.12. The Morgan fingerprint density at radius 3 is 2.87 bits per heavy atom. The number of nitrogens with zero attached hydrogens (tertiary/aromatic N) is 3. The molecular weight excluding hydrogens is 380 g/mol. The number of nitrogens with one attached hydrogen (secondary N) is 1. The lowest BCUT2D eigenvalue weighted by molar-refractivity contribution is -0.134. The lowest BCUT2D eigenvalue weighted by Gasteiger charge is -2.32. The monoisotopic (exact) mass is 398 g/mol. The Labute approximate surface area is 150 Å². The summed E-state index contributed by atoms with van der Waals surface area (Å²) >= 11 is 3.59. The number of hydrogen-bond acceptors (Lipinski definition) is 3. The fourth-order valence-electron chi connectivity index (χ4n) is 2.93. The van der Waals surface area contributed by atoms with E-state index in [1.165, 1.54) is 11.1 Å². The first-order valence-corrected chi connectivity index (χ1v) is 8.10. The van der Waals surface area contributed by atoms with Crippen LogP contribution >= 0.6 is 28.3 Å². The molecule has 3 rings (SSSR count). The number of carbonyl (C=O) groups excluding carboxylic acids is 1. The summed E-state index contributed by atoms with van der Waals surface area (Å²) in [5.74, 6) is 0.0944. The number of aromatic nitrogens is 2. The van der Waals surface area contributed by atoms with E-state index >= 15 is 0 Å². The quantitative estimate of drug-likeness (QED) is 0.862. The summed E-state index contributed by atoms with van der Waals surface area (Å²) in [7, 11) is 3.67. The summed E-state index contributed by atoms with van der Waals surface area (Å²) in [6.45, 7) is 1.40. The smallest absolute Gasteiger partial charge is 0.244 e. The van der Waals surface area contributed by atoms with E-state index in [4.69, 9.17) is 0 Å². The zero-order valence-corrected chi connectivity index (χ0v) is 15.5. The second kappa shape index (κ2) is 7.47. The Kier molecular flexibility index (Phi) is 5.84. The first-order valence-electron chi connectivity index (χ1n) is 7.31. The molecule has 1 aliphatic heterocycles. The Hall–Kier alpha value is -1.37. The second-order valence-corrected chi connectivity index (χ2v) is 6.41. The van der Waals surface area contributed by atoms with E-state index in [1.807, 2.05) is 37.3 Å². The van der Waals surface area contributed by atoms with Crippen molar-refractivity contribution in [2.24, 2.45) is 7.05 Å². The van der Waals surface area contributed by atoms with Gasteiger partial charge in [0.05, 0.1) is 6.20 Å². The molecular formula is C16H20BrClN4O. The molecule has 0 radical (unpaired) electrons. The Morgan fingerprint density at radius 2 is 2.22 bits per heavy atom. The molecule has 7 heteroatoms. The van der Waals surface area contributed by atoms with E-state index in [1.54, 1.807) is 10.9 Å². The topological polar surface area (TPSA) is 50.2 Å². The van der Waals surface area contributed by atoms with E-state index in [-0.39, 0.29) is 24.4 Å². The van der Waals surface area contributed by atoms with Crippen LogP contribution in [0, 0.1) is 0 Å². The zero-order valence-electron chi connectivity index (χ0n) is 13.1. The van der Waals surface area contributed by atoms with Crippen LogP contribution in [-0.2, 0) is 24.8 Å². The zero-order chi connectivity index (χ0) is 15.7. The maximum Gasteiger partial charge on any atom is 0.244 e. The number of benzene rings is 1. The molecule has 0 saturated carbocycles. The minimum absolute atomic E-state index is 0. The van der Waals surface area contributed by atoms with Gasteiger partial charge in [0.1, 0.15) is 6.04 Å². The van der Waals surface area contributed by atoms with Crippen LogP contribution in [0.4, 0.5) is 0 Å². The number of hydrogen-bond donors (Lipinski definition) is 1. The van der Waals surface area contributed by atoms with E-state index in [0.717, 1.165) is 23.0 Å². The normalized spacial score (nSPS) is 14.8. The van der Waals surface area contributed by atoms with E-state index < -0.39 is 0 Å². The number of amides is 1. The maximum atomic E-state index is 12.9. The molecule has 0 fully saturated rings. The summed E-state index contributed by atoms with van der Waals surface area (Å²) in [6.07, 6.45) is 4.52. The summed E-state index contributed by atoms with van der Waals surface area (Å²) in [6, 6.07) is 5.87. The van der Waals surface area contributed by atoms with Crippen LogP contribution in [0.1, 0.15) is 22.7 Å². The van der Waals surface area contributed by atoms with Crippen LogP contribution in [0.3, 0.4) is 0 Å². The molecule has 1 amide bonds. The van der Waals surface area contributed by atoms with Crippen molar-refractivity contribution in [3.8, 4) is 0 Å². The van der Waals surface area contributed by atoms with Gasteiger partial charge >= 0.3 is 0 Å². The fraction of sp³-hybridized carbons (Fsp3) is 0.375. The summed E-state index contributed by atoms with van der Waals surface area (Å²) in [5, 5.41) is 7.27. The fourth-order valence-corrected chi connectivity index (χ4v) is 3.47. The molecule has 0 bridgehead atoms. The van der Waals surface area contributed by atoms with Crippen LogP contribution < -0.4 is 5.32 Å².